The number of likely N-dealkylation sites (tertiary alicyclic amines) is 1. The zero-order valence-corrected chi connectivity index (χ0v) is 15.4. The molecule has 1 aliphatic heterocycles. The standard InChI is InChI=1S/C21H31N3O/c1-17-10-14-24(15-11-17)13-5-12-22-21(25)9-4-6-18-16-23-20-8-3-2-7-19(18)20/h2-3,7-8,16-17,23H,4-6,9-15H2,1H3,(H,22,25). The quantitative estimate of drug-likeness (QED) is 0.719. The molecule has 0 saturated carbocycles. The highest BCUT2D eigenvalue weighted by atomic mass is 16.1. The first kappa shape index (κ1) is 18.0. The molecule has 3 rings (SSSR count). The number of H-pyrrole nitrogens is 1. The van der Waals surface area contributed by atoms with Gasteiger partial charge in [-0.3, -0.25) is 4.79 Å². The molecule has 1 aliphatic rings. The fourth-order valence-corrected chi connectivity index (χ4v) is 3.68. The first-order valence-electron chi connectivity index (χ1n) is 9.76. The van der Waals surface area contributed by atoms with Crippen molar-refractivity contribution in [2.75, 3.05) is 26.2 Å². The van der Waals surface area contributed by atoms with Crippen LogP contribution >= 0.6 is 0 Å². The van der Waals surface area contributed by atoms with Crippen LogP contribution in [0.4, 0.5) is 0 Å². The fraction of sp³-hybridized carbons (Fsp3) is 0.571. The second kappa shape index (κ2) is 9.04. The number of aromatic nitrogens is 1. The maximum Gasteiger partial charge on any atom is 0.220 e. The minimum atomic E-state index is 0.187. The minimum absolute atomic E-state index is 0.187. The number of piperidine rings is 1. The van der Waals surface area contributed by atoms with Crippen LogP contribution in [0.25, 0.3) is 10.9 Å². The number of hydrogen-bond donors (Lipinski definition) is 2. The first-order chi connectivity index (χ1) is 12.2. The molecule has 1 amide bonds. The van der Waals surface area contributed by atoms with E-state index in [4.69, 9.17) is 0 Å². The number of para-hydroxylation sites is 1. The number of nitrogens with one attached hydrogen (secondary N) is 2. The topological polar surface area (TPSA) is 48.1 Å². The van der Waals surface area contributed by atoms with E-state index in [1.165, 1.54) is 42.4 Å². The molecule has 0 radical (unpaired) electrons. The number of aromatic amines is 1. The van der Waals surface area contributed by atoms with Crippen molar-refractivity contribution < 1.29 is 4.79 Å². The van der Waals surface area contributed by atoms with E-state index < -0.39 is 0 Å². The van der Waals surface area contributed by atoms with E-state index in [-0.39, 0.29) is 5.91 Å². The van der Waals surface area contributed by atoms with Crippen molar-refractivity contribution in [3.05, 3.63) is 36.0 Å². The van der Waals surface area contributed by atoms with Gasteiger partial charge in [0.1, 0.15) is 0 Å². The Balaban J connectivity index is 1.28. The number of carbonyl (C=O) groups excluding carboxylic acids is 1. The van der Waals surface area contributed by atoms with Gasteiger partial charge in [0, 0.05) is 30.1 Å². The van der Waals surface area contributed by atoms with Crippen molar-refractivity contribution in [1.29, 1.82) is 0 Å². The Morgan fingerprint density at radius 2 is 2.04 bits per heavy atom. The van der Waals surface area contributed by atoms with Gasteiger partial charge in [-0.1, -0.05) is 25.1 Å². The van der Waals surface area contributed by atoms with Crippen molar-refractivity contribution in [1.82, 2.24) is 15.2 Å². The highest BCUT2D eigenvalue weighted by molar-refractivity contribution is 5.83. The Kier molecular flexibility index (Phi) is 6.51. The van der Waals surface area contributed by atoms with E-state index in [1.54, 1.807) is 0 Å². The molecule has 0 spiro atoms. The summed E-state index contributed by atoms with van der Waals surface area (Å²) in [5.74, 6) is 1.07. The number of benzene rings is 1. The lowest BCUT2D eigenvalue weighted by Gasteiger charge is -2.30. The summed E-state index contributed by atoms with van der Waals surface area (Å²) in [6, 6.07) is 8.34. The third-order valence-corrected chi connectivity index (χ3v) is 5.37. The highest BCUT2D eigenvalue weighted by Gasteiger charge is 2.14. The largest absolute Gasteiger partial charge is 0.361 e. The van der Waals surface area contributed by atoms with Crippen molar-refractivity contribution in [2.24, 2.45) is 5.92 Å². The number of hydrogen-bond acceptors (Lipinski definition) is 2. The van der Waals surface area contributed by atoms with Crippen LogP contribution in [0.3, 0.4) is 0 Å². The van der Waals surface area contributed by atoms with Gasteiger partial charge in [0.2, 0.25) is 5.91 Å². The van der Waals surface area contributed by atoms with Crippen molar-refractivity contribution in [3.8, 4) is 0 Å². The Morgan fingerprint density at radius 1 is 1.24 bits per heavy atom. The summed E-state index contributed by atoms with van der Waals surface area (Å²) in [5.41, 5.74) is 2.48. The molecule has 1 aromatic heterocycles. The summed E-state index contributed by atoms with van der Waals surface area (Å²) < 4.78 is 0. The van der Waals surface area contributed by atoms with Crippen molar-refractivity contribution in [2.45, 2.75) is 45.4 Å². The van der Waals surface area contributed by atoms with Crippen LogP contribution in [0.5, 0.6) is 0 Å². The van der Waals surface area contributed by atoms with Gasteiger partial charge in [-0.05, 0) is 69.3 Å². The van der Waals surface area contributed by atoms with Gasteiger partial charge < -0.3 is 15.2 Å². The van der Waals surface area contributed by atoms with Crippen LogP contribution in [0.1, 0.15) is 44.6 Å². The lowest BCUT2D eigenvalue weighted by Crippen LogP contribution is -2.35. The molecule has 25 heavy (non-hydrogen) atoms. The monoisotopic (exact) mass is 341 g/mol. The molecule has 136 valence electrons. The molecule has 2 aromatic rings. The van der Waals surface area contributed by atoms with Crippen LogP contribution in [0.2, 0.25) is 0 Å². The lowest BCUT2D eigenvalue weighted by molar-refractivity contribution is -0.121. The summed E-state index contributed by atoms with van der Waals surface area (Å²) in [6.45, 7) is 6.70. The molecule has 2 heterocycles. The smallest absolute Gasteiger partial charge is 0.220 e. The average molecular weight is 341 g/mol. The molecule has 1 fully saturated rings. The second-order valence-electron chi connectivity index (χ2n) is 7.44. The zero-order valence-electron chi connectivity index (χ0n) is 15.4. The number of fused-ring (bicyclic) bond motifs is 1. The van der Waals surface area contributed by atoms with Gasteiger partial charge in [-0.15, -0.1) is 0 Å². The number of nitrogens with zero attached hydrogens (tertiary/aromatic N) is 1. The summed E-state index contributed by atoms with van der Waals surface area (Å²) in [5, 5.41) is 4.35. The van der Waals surface area contributed by atoms with E-state index in [2.05, 4.69) is 46.5 Å². The molecule has 0 unspecified atom stereocenters. The van der Waals surface area contributed by atoms with Crippen LogP contribution in [-0.2, 0) is 11.2 Å². The summed E-state index contributed by atoms with van der Waals surface area (Å²) in [4.78, 5) is 17.8. The normalized spacial score (nSPS) is 16.4. The van der Waals surface area contributed by atoms with Gasteiger partial charge >= 0.3 is 0 Å². The molecule has 0 aliphatic carbocycles. The molecule has 1 saturated heterocycles. The summed E-state index contributed by atoms with van der Waals surface area (Å²) >= 11 is 0. The maximum absolute atomic E-state index is 12.0. The number of carbonyl (C=O) groups is 1. The van der Waals surface area contributed by atoms with E-state index >= 15 is 0 Å². The molecule has 2 N–H and O–H groups in total. The van der Waals surface area contributed by atoms with Crippen LogP contribution in [-0.4, -0.2) is 42.0 Å². The summed E-state index contributed by atoms with van der Waals surface area (Å²) in [6.07, 6.45) is 8.23. The SMILES string of the molecule is CC1CCN(CCCNC(=O)CCCc2c[nH]c3ccccc23)CC1. The van der Waals surface area contributed by atoms with E-state index in [0.29, 0.717) is 6.42 Å². The van der Waals surface area contributed by atoms with Gasteiger partial charge in [0.05, 0.1) is 0 Å². The van der Waals surface area contributed by atoms with E-state index in [1.807, 2.05) is 6.07 Å². The van der Waals surface area contributed by atoms with Crippen molar-refractivity contribution in [3.63, 3.8) is 0 Å². The molecule has 4 nitrogen and oxygen atoms in total. The minimum Gasteiger partial charge on any atom is -0.361 e. The molecule has 0 atom stereocenters. The second-order valence-corrected chi connectivity index (χ2v) is 7.44. The van der Waals surface area contributed by atoms with Gasteiger partial charge in [0.25, 0.3) is 0 Å². The van der Waals surface area contributed by atoms with Gasteiger partial charge in [-0.2, -0.15) is 0 Å². The Labute approximate surface area is 151 Å². The first-order valence-corrected chi connectivity index (χ1v) is 9.76. The molecule has 4 heteroatoms. The van der Waals surface area contributed by atoms with Crippen LogP contribution in [0.15, 0.2) is 30.5 Å². The molecular formula is C21H31N3O. The zero-order chi connectivity index (χ0) is 17.5. The Bertz CT molecular complexity index is 671. The van der Waals surface area contributed by atoms with Gasteiger partial charge in [0.15, 0.2) is 0 Å². The number of rotatable bonds is 8. The molecular weight excluding hydrogens is 310 g/mol. The predicted molar refractivity (Wildman–Crippen MR) is 104 cm³/mol. The highest BCUT2D eigenvalue weighted by Crippen LogP contribution is 2.19. The number of aryl methyl sites for hydroxylation is 1. The van der Waals surface area contributed by atoms with Crippen LogP contribution < -0.4 is 5.32 Å². The lowest BCUT2D eigenvalue weighted by atomic mass is 9.99. The average Bonchev–Trinajstić information content (AvgIpc) is 3.04. The van der Waals surface area contributed by atoms with E-state index in [9.17, 15) is 4.79 Å². The molecule has 1 aromatic carbocycles. The number of amides is 1. The van der Waals surface area contributed by atoms with E-state index in [0.717, 1.165) is 38.3 Å². The third kappa shape index (κ3) is 5.33. The van der Waals surface area contributed by atoms with Crippen molar-refractivity contribution >= 4 is 16.8 Å². The Morgan fingerprint density at radius 3 is 2.88 bits per heavy atom. The van der Waals surface area contributed by atoms with Crippen LogP contribution in [0, 0.1) is 5.92 Å². The Hall–Kier alpha value is -1.81. The predicted octanol–water partition coefficient (Wildman–Crippen LogP) is 3.73. The van der Waals surface area contributed by atoms with Gasteiger partial charge in [-0.25, -0.2) is 0 Å². The molecule has 0 bridgehead atoms. The fourth-order valence-electron chi connectivity index (χ4n) is 3.68. The third-order valence-electron chi connectivity index (χ3n) is 5.37. The maximum atomic E-state index is 12.0. The summed E-state index contributed by atoms with van der Waals surface area (Å²) in [7, 11) is 0.